The van der Waals surface area contributed by atoms with Crippen LogP contribution in [0.25, 0.3) is 0 Å². The smallest absolute Gasteiger partial charge is 0.202 e. The molecule has 0 aliphatic carbocycles. The number of morpholine rings is 1. The van der Waals surface area contributed by atoms with E-state index in [1.54, 1.807) is 0 Å². The molecule has 6 nitrogen and oxygen atoms in total. The van der Waals surface area contributed by atoms with Crippen LogP contribution in [-0.4, -0.2) is 67.1 Å². The Balaban J connectivity index is 1.68. The van der Waals surface area contributed by atoms with Gasteiger partial charge in [-0.3, -0.25) is 4.90 Å². The van der Waals surface area contributed by atoms with Crippen LogP contribution in [-0.2, 0) is 16.0 Å². The molecule has 2 heterocycles. The van der Waals surface area contributed by atoms with E-state index < -0.39 is 0 Å². The van der Waals surface area contributed by atoms with E-state index in [4.69, 9.17) is 9.47 Å². The van der Waals surface area contributed by atoms with Crippen molar-refractivity contribution in [1.82, 2.24) is 14.5 Å². The summed E-state index contributed by atoms with van der Waals surface area (Å²) in [5, 5.41) is 3.37. The Hall–Kier alpha value is -1.11. The highest BCUT2D eigenvalue weighted by Gasteiger charge is 2.10. The molecule has 114 valence electrons. The lowest BCUT2D eigenvalue weighted by molar-refractivity contribution is 0.0364. The number of aromatic nitrogens is 2. The van der Waals surface area contributed by atoms with Gasteiger partial charge in [0.15, 0.2) is 0 Å². The predicted molar refractivity (Wildman–Crippen MR) is 79.1 cm³/mol. The lowest BCUT2D eigenvalue weighted by Gasteiger charge is -2.26. The number of nitrogens with one attached hydrogen (secondary N) is 1. The molecule has 0 spiro atoms. The first-order valence-electron chi connectivity index (χ1n) is 7.53. The second-order valence-corrected chi connectivity index (χ2v) is 4.88. The standard InChI is InChI=1S/C14H26N4O2/c1-2-19-11-3-4-15-14-16-5-6-18(14)8-7-17-9-12-20-13-10-17/h5-6H,2-4,7-13H2,1H3,(H,15,16). The van der Waals surface area contributed by atoms with Gasteiger partial charge in [-0.15, -0.1) is 0 Å². The van der Waals surface area contributed by atoms with Crippen LogP contribution in [0.15, 0.2) is 12.4 Å². The van der Waals surface area contributed by atoms with E-state index >= 15 is 0 Å². The fourth-order valence-electron chi connectivity index (χ4n) is 2.25. The molecule has 0 aromatic carbocycles. The van der Waals surface area contributed by atoms with Crippen LogP contribution in [0.2, 0.25) is 0 Å². The predicted octanol–water partition coefficient (Wildman–Crippen LogP) is 1.05. The first-order valence-corrected chi connectivity index (χ1v) is 7.53. The Labute approximate surface area is 121 Å². The highest BCUT2D eigenvalue weighted by Crippen LogP contribution is 2.05. The fraction of sp³-hybridized carbons (Fsp3) is 0.786. The van der Waals surface area contributed by atoms with Crippen molar-refractivity contribution in [3.05, 3.63) is 12.4 Å². The van der Waals surface area contributed by atoms with Crippen LogP contribution >= 0.6 is 0 Å². The van der Waals surface area contributed by atoms with Gasteiger partial charge in [-0.2, -0.15) is 0 Å². The van der Waals surface area contributed by atoms with Crippen LogP contribution in [0.5, 0.6) is 0 Å². The zero-order chi connectivity index (χ0) is 14.0. The summed E-state index contributed by atoms with van der Waals surface area (Å²) in [5.74, 6) is 0.953. The average molecular weight is 282 g/mol. The van der Waals surface area contributed by atoms with Crippen LogP contribution in [0.1, 0.15) is 13.3 Å². The van der Waals surface area contributed by atoms with Crippen molar-refractivity contribution in [2.24, 2.45) is 0 Å². The summed E-state index contributed by atoms with van der Waals surface area (Å²) in [6.45, 7) is 10.3. The molecule has 1 saturated heterocycles. The molecular formula is C14H26N4O2. The summed E-state index contributed by atoms with van der Waals surface area (Å²) in [5.41, 5.74) is 0. The first kappa shape index (κ1) is 15.3. The second-order valence-electron chi connectivity index (χ2n) is 4.88. The van der Waals surface area contributed by atoms with Gasteiger partial charge < -0.3 is 19.4 Å². The Morgan fingerprint density at radius 2 is 2.20 bits per heavy atom. The van der Waals surface area contributed by atoms with E-state index in [0.717, 1.165) is 71.5 Å². The summed E-state index contributed by atoms with van der Waals surface area (Å²) < 4.78 is 12.9. The number of anilines is 1. The third kappa shape index (κ3) is 5.11. The van der Waals surface area contributed by atoms with Crippen LogP contribution in [0, 0.1) is 0 Å². The van der Waals surface area contributed by atoms with E-state index in [-0.39, 0.29) is 0 Å². The normalized spacial score (nSPS) is 16.4. The Morgan fingerprint density at radius 1 is 1.35 bits per heavy atom. The minimum absolute atomic E-state index is 0.786. The lowest BCUT2D eigenvalue weighted by Crippen LogP contribution is -2.38. The molecule has 1 aromatic heterocycles. The Bertz CT molecular complexity index is 364. The van der Waals surface area contributed by atoms with Gasteiger partial charge in [-0.1, -0.05) is 0 Å². The van der Waals surface area contributed by atoms with Gasteiger partial charge in [0.25, 0.3) is 0 Å². The molecule has 0 amide bonds. The molecule has 2 rings (SSSR count). The molecule has 20 heavy (non-hydrogen) atoms. The SMILES string of the molecule is CCOCCCNc1nccn1CCN1CCOCC1. The first-order chi connectivity index (χ1) is 9.90. The minimum Gasteiger partial charge on any atom is -0.382 e. The van der Waals surface area contributed by atoms with Crippen molar-refractivity contribution in [3.63, 3.8) is 0 Å². The van der Waals surface area contributed by atoms with Gasteiger partial charge in [0, 0.05) is 58.3 Å². The molecule has 0 unspecified atom stereocenters. The quantitative estimate of drug-likeness (QED) is 0.686. The van der Waals surface area contributed by atoms with Crippen molar-refractivity contribution in [1.29, 1.82) is 0 Å². The molecule has 1 N–H and O–H groups in total. The number of hydrogen-bond acceptors (Lipinski definition) is 5. The van der Waals surface area contributed by atoms with Gasteiger partial charge in [-0.05, 0) is 13.3 Å². The Kier molecular flexibility index (Phi) is 6.83. The fourth-order valence-corrected chi connectivity index (χ4v) is 2.25. The van der Waals surface area contributed by atoms with Gasteiger partial charge in [0.2, 0.25) is 5.95 Å². The zero-order valence-electron chi connectivity index (χ0n) is 12.4. The summed E-state index contributed by atoms with van der Waals surface area (Å²) in [7, 11) is 0. The third-order valence-electron chi connectivity index (χ3n) is 3.43. The number of rotatable bonds is 9. The lowest BCUT2D eigenvalue weighted by atomic mass is 10.4. The van der Waals surface area contributed by atoms with E-state index in [0.29, 0.717) is 0 Å². The number of imidazole rings is 1. The monoisotopic (exact) mass is 282 g/mol. The molecule has 0 atom stereocenters. The highest BCUT2D eigenvalue weighted by molar-refractivity contribution is 5.25. The molecule has 1 aliphatic rings. The van der Waals surface area contributed by atoms with E-state index in [2.05, 4.69) is 19.8 Å². The second kappa shape index (κ2) is 8.94. The molecule has 0 saturated carbocycles. The van der Waals surface area contributed by atoms with Gasteiger partial charge in [-0.25, -0.2) is 4.98 Å². The maximum atomic E-state index is 5.36. The van der Waals surface area contributed by atoms with Crippen molar-refractivity contribution in [3.8, 4) is 0 Å². The van der Waals surface area contributed by atoms with Crippen molar-refractivity contribution in [2.75, 3.05) is 57.9 Å². The van der Waals surface area contributed by atoms with Crippen molar-refractivity contribution < 1.29 is 9.47 Å². The van der Waals surface area contributed by atoms with E-state index in [1.165, 1.54) is 0 Å². The molecule has 1 aliphatic heterocycles. The van der Waals surface area contributed by atoms with Crippen LogP contribution in [0.3, 0.4) is 0 Å². The van der Waals surface area contributed by atoms with Gasteiger partial charge >= 0.3 is 0 Å². The average Bonchev–Trinajstić information content (AvgIpc) is 2.93. The van der Waals surface area contributed by atoms with E-state index in [9.17, 15) is 0 Å². The Morgan fingerprint density at radius 3 is 3.00 bits per heavy atom. The van der Waals surface area contributed by atoms with E-state index in [1.807, 2.05) is 19.3 Å². The summed E-state index contributed by atoms with van der Waals surface area (Å²) in [6.07, 6.45) is 4.89. The maximum absolute atomic E-state index is 5.36. The zero-order valence-corrected chi connectivity index (χ0v) is 12.4. The summed E-state index contributed by atoms with van der Waals surface area (Å²) in [6, 6.07) is 0. The summed E-state index contributed by atoms with van der Waals surface area (Å²) >= 11 is 0. The molecular weight excluding hydrogens is 256 g/mol. The number of ether oxygens (including phenoxy) is 2. The number of hydrogen-bond donors (Lipinski definition) is 1. The van der Waals surface area contributed by atoms with Crippen LogP contribution < -0.4 is 5.32 Å². The van der Waals surface area contributed by atoms with Gasteiger partial charge in [0.1, 0.15) is 0 Å². The number of nitrogens with zero attached hydrogens (tertiary/aromatic N) is 3. The highest BCUT2D eigenvalue weighted by atomic mass is 16.5. The summed E-state index contributed by atoms with van der Waals surface area (Å²) in [4.78, 5) is 6.80. The topological polar surface area (TPSA) is 51.5 Å². The van der Waals surface area contributed by atoms with Gasteiger partial charge in [0.05, 0.1) is 13.2 Å². The van der Waals surface area contributed by atoms with Crippen LogP contribution in [0.4, 0.5) is 5.95 Å². The third-order valence-corrected chi connectivity index (χ3v) is 3.43. The largest absolute Gasteiger partial charge is 0.382 e. The maximum Gasteiger partial charge on any atom is 0.202 e. The molecule has 1 fully saturated rings. The molecule has 0 radical (unpaired) electrons. The minimum atomic E-state index is 0.786. The van der Waals surface area contributed by atoms with Crippen molar-refractivity contribution in [2.45, 2.75) is 19.9 Å². The van der Waals surface area contributed by atoms with Crippen molar-refractivity contribution >= 4 is 5.95 Å². The molecule has 6 heteroatoms. The molecule has 0 bridgehead atoms. The molecule has 1 aromatic rings.